The summed E-state index contributed by atoms with van der Waals surface area (Å²) in [5.41, 5.74) is 0. The van der Waals surface area contributed by atoms with Gasteiger partial charge in [0.1, 0.15) is 0 Å². The standard InChI is InChI=1S/C14H20N4O2S/c1-10-5-2-3-6-11(10)17-13(20)18-12(19)9-21-14-15-7-4-8-16-14/h4,7-8,10-11H,2-3,5-6,9H2,1H3,(H2,17,18,19,20)/t10-,11-/m0/s1. The quantitative estimate of drug-likeness (QED) is 0.656. The van der Waals surface area contributed by atoms with E-state index < -0.39 is 6.03 Å². The molecule has 0 aliphatic heterocycles. The maximum Gasteiger partial charge on any atom is 0.321 e. The number of aromatic nitrogens is 2. The van der Waals surface area contributed by atoms with E-state index in [-0.39, 0.29) is 17.7 Å². The summed E-state index contributed by atoms with van der Waals surface area (Å²) in [5.74, 6) is 0.248. The molecule has 0 unspecified atom stereocenters. The smallest absolute Gasteiger partial charge is 0.321 e. The number of carbonyl (C=O) groups is 2. The van der Waals surface area contributed by atoms with Crippen molar-refractivity contribution in [3.05, 3.63) is 18.5 Å². The summed E-state index contributed by atoms with van der Waals surface area (Å²) in [7, 11) is 0. The zero-order chi connectivity index (χ0) is 15.1. The fraction of sp³-hybridized carbons (Fsp3) is 0.571. The van der Waals surface area contributed by atoms with Gasteiger partial charge in [-0.15, -0.1) is 0 Å². The Balaban J connectivity index is 1.70. The molecule has 1 aromatic heterocycles. The Morgan fingerprint density at radius 2 is 2.00 bits per heavy atom. The highest BCUT2D eigenvalue weighted by Crippen LogP contribution is 2.23. The maximum atomic E-state index is 11.8. The monoisotopic (exact) mass is 308 g/mol. The molecule has 2 atom stereocenters. The lowest BCUT2D eigenvalue weighted by atomic mass is 9.86. The predicted octanol–water partition coefficient (Wildman–Crippen LogP) is 1.97. The van der Waals surface area contributed by atoms with Crippen LogP contribution >= 0.6 is 11.8 Å². The Hall–Kier alpha value is -1.63. The van der Waals surface area contributed by atoms with Gasteiger partial charge in [0.25, 0.3) is 0 Å². The maximum absolute atomic E-state index is 11.8. The van der Waals surface area contributed by atoms with Crippen molar-refractivity contribution in [2.45, 2.75) is 43.8 Å². The van der Waals surface area contributed by atoms with Gasteiger partial charge in [0.15, 0.2) is 5.16 Å². The van der Waals surface area contributed by atoms with Crippen molar-refractivity contribution in [2.24, 2.45) is 5.92 Å². The number of amides is 3. The third-order valence-electron chi connectivity index (χ3n) is 3.56. The van der Waals surface area contributed by atoms with Crippen LogP contribution in [0, 0.1) is 5.92 Å². The van der Waals surface area contributed by atoms with E-state index in [0.29, 0.717) is 11.1 Å². The summed E-state index contributed by atoms with van der Waals surface area (Å²) in [5, 5.41) is 5.76. The molecule has 1 saturated carbocycles. The molecule has 1 aliphatic carbocycles. The SMILES string of the molecule is C[C@H]1CCCC[C@@H]1NC(=O)NC(=O)CSc1ncccn1. The van der Waals surface area contributed by atoms with E-state index in [1.807, 2.05) is 0 Å². The molecule has 1 fully saturated rings. The molecule has 1 aromatic rings. The minimum absolute atomic E-state index is 0.123. The summed E-state index contributed by atoms with van der Waals surface area (Å²) in [6, 6.07) is 1.47. The predicted molar refractivity (Wildman–Crippen MR) is 80.9 cm³/mol. The number of hydrogen-bond donors (Lipinski definition) is 2. The average molecular weight is 308 g/mol. The number of carbonyl (C=O) groups excluding carboxylic acids is 2. The number of nitrogens with zero attached hydrogens (tertiary/aromatic N) is 2. The van der Waals surface area contributed by atoms with Gasteiger partial charge in [-0.25, -0.2) is 14.8 Å². The topological polar surface area (TPSA) is 84.0 Å². The van der Waals surface area contributed by atoms with Crippen LogP contribution in [0.25, 0.3) is 0 Å². The van der Waals surface area contributed by atoms with Crippen molar-refractivity contribution in [3.8, 4) is 0 Å². The first-order valence-corrected chi connectivity index (χ1v) is 8.14. The third-order valence-corrected chi connectivity index (χ3v) is 4.43. The van der Waals surface area contributed by atoms with Gasteiger partial charge in [-0.2, -0.15) is 0 Å². The fourth-order valence-corrected chi connectivity index (χ4v) is 2.99. The minimum atomic E-state index is -0.409. The van der Waals surface area contributed by atoms with E-state index in [9.17, 15) is 9.59 Å². The molecule has 1 heterocycles. The van der Waals surface area contributed by atoms with Crippen molar-refractivity contribution in [3.63, 3.8) is 0 Å². The van der Waals surface area contributed by atoms with Gasteiger partial charge in [-0.1, -0.05) is 31.5 Å². The zero-order valence-electron chi connectivity index (χ0n) is 12.0. The molecule has 2 N–H and O–H groups in total. The van der Waals surface area contributed by atoms with Crippen molar-refractivity contribution < 1.29 is 9.59 Å². The number of rotatable bonds is 4. The summed E-state index contributed by atoms with van der Waals surface area (Å²) >= 11 is 1.20. The van der Waals surface area contributed by atoms with Crippen LogP contribution in [-0.4, -0.2) is 33.7 Å². The van der Waals surface area contributed by atoms with Crippen molar-refractivity contribution in [1.82, 2.24) is 20.6 Å². The van der Waals surface area contributed by atoms with Crippen LogP contribution in [0.1, 0.15) is 32.6 Å². The molecule has 0 aromatic carbocycles. The molecule has 7 heteroatoms. The van der Waals surface area contributed by atoms with E-state index >= 15 is 0 Å². The summed E-state index contributed by atoms with van der Waals surface area (Å²) in [6.45, 7) is 2.13. The van der Waals surface area contributed by atoms with Gasteiger partial charge in [-0.05, 0) is 24.8 Å². The largest absolute Gasteiger partial charge is 0.335 e. The highest BCUT2D eigenvalue weighted by Gasteiger charge is 2.23. The second-order valence-electron chi connectivity index (χ2n) is 5.21. The Bertz CT molecular complexity index is 483. The van der Waals surface area contributed by atoms with Gasteiger partial charge >= 0.3 is 6.03 Å². The lowest BCUT2D eigenvalue weighted by molar-refractivity contribution is -0.117. The van der Waals surface area contributed by atoms with Crippen LogP contribution in [0.3, 0.4) is 0 Å². The second-order valence-corrected chi connectivity index (χ2v) is 6.15. The van der Waals surface area contributed by atoms with E-state index in [1.165, 1.54) is 18.2 Å². The molecule has 6 nitrogen and oxygen atoms in total. The highest BCUT2D eigenvalue weighted by molar-refractivity contribution is 7.99. The average Bonchev–Trinajstić information content (AvgIpc) is 2.48. The Labute approximate surface area is 128 Å². The Kier molecular flexibility index (Phi) is 5.98. The summed E-state index contributed by atoms with van der Waals surface area (Å²) in [6.07, 6.45) is 7.68. The van der Waals surface area contributed by atoms with Crippen LogP contribution < -0.4 is 10.6 Å². The second kappa shape index (κ2) is 7.97. The highest BCUT2D eigenvalue weighted by atomic mass is 32.2. The molecule has 0 spiro atoms. The van der Waals surface area contributed by atoms with Gasteiger partial charge in [0.05, 0.1) is 5.75 Å². The molecule has 0 radical (unpaired) electrons. The molecule has 0 bridgehead atoms. The van der Waals surface area contributed by atoms with Crippen LogP contribution in [-0.2, 0) is 4.79 Å². The lowest BCUT2D eigenvalue weighted by Crippen LogP contribution is -2.48. The number of hydrogen-bond acceptors (Lipinski definition) is 5. The molecule has 114 valence electrons. The molecule has 2 rings (SSSR count). The number of nitrogens with one attached hydrogen (secondary N) is 2. The molecule has 3 amide bonds. The molecular weight excluding hydrogens is 288 g/mol. The van der Waals surface area contributed by atoms with E-state index in [4.69, 9.17) is 0 Å². The number of imide groups is 1. The normalized spacial score (nSPS) is 21.6. The summed E-state index contributed by atoms with van der Waals surface area (Å²) < 4.78 is 0. The molecule has 21 heavy (non-hydrogen) atoms. The molecule has 0 saturated heterocycles. The van der Waals surface area contributed by atoms with Gasteiger partial charge in [0.2, 0.25) is 5.91 Å². The van der Waals surface area contributed by atoms with Crippen LogP contribution in [0.2, 0.25) is 0 Å². The van der Waals surface area contributed by atoms with E-state index in [2.05, 4.69) is 27.5 Å². The van der Waals surface area contributed by atoms with Crippen molar-refractivity contribution in [2.75, 3.05) is 5.75 Å². The lowest BCUT2D eigenvalue weighted by Gasteiger charge is -2.29. The van der Waals surface area contributed by atoms with E-state index in [0.717, 1.165) is 19.3 Å². The van der Waals surface area contributed by atoms with Crippen molar-refractivity contribution >= 4 is 23.7 Å². The van der Waals surface area contributed by atoms with Gasteiger partial charge in [-0.3, -0.25) is 10.1 Å². The zero-order valence-corrected chi connectivity index (χ0v) is 12.9. The van der Waals surface area contributed by atoms with Crippen LogP contribution in [0.5, 0.6) is 0 Å². The first kappa shape index (κ1) is 15.8. The molecular formula is C14H20N4O2S. The van der Waals surface area contributed by atoms with Gasteiger partial charge in [0, 0.05) is 18.4 Å². The van der Waals surface area contributed by atoms with Crippen LogP contribution in [0.4, 0.5) is 4.79 Å². The third kappa shape index (κ3) is 5.34. The van der Waals surface area contributed by atoms with Crippen molar-refractivity contribution in [1.29, 1.82) is 0 Å². The first-order valence-electron chi connectivity index (χ1n) is 7.15. The fourth-order valence-electron chi connectivity index (χ4n) is 2.39. The number of urea groups is 1. The minimum Gasteiger partial charge on any atom is -0.335 e. The first-order chi connectivity index (χ1) is 10.1. The Morgan fingerprint density at radius 1 is 1.29 bits per heavy atom. The Morgan fingerprint density at radius 3 is 2.71 bits per heavy atom. The van der Waals surface area contributed by atoms with Crippen LogP contribution in [0.15, 0.2) is 23.6 Å². The summed E-state index contributed by atoms with van der Waals surface area (Å²) in [4.78, 5) is 31.5. The number of thioether (sulfide) groups is 1. The molecule has 1 aliphatic rings. The van der Waals surface area contributed by atoms with E-state index in [1.54, 1.807) is 18.5 Å². The van der Waals surface area contributed by atoms with Gasteiger partial charge < -0.3 is 5.32 Å².